The van der Waals surface area contributed by atoms with Crippen molar-refractivity contribution in [3.63, 3.8) is 0 Å². The zero-order chi connectivity index (χ0) is 13.0. The molecule has 1 aliphatic rings. The van der Waals surface area contributed by atoms with Crippen molar-refractivity contribution < 1.29 is 0 Å². The van der Waals surface area contributed by atoms with Gasteiger partial charge in [0.25, 0.3) is 0 Å². The molecule has 1 aliphatic heterocycles. The minimum absolute atomic E-state index is 0.888. The fourth-order valence-electron chi connectivity index (χ4n) is 2.70. The van der Waals surface area contributed by atoms with E-state index in [1.807, 2.05) is 6.07 Å². The molecule has 0 aromatic heterocycles. The lowest BCUT2D eigenvalue weighted by atomic mass is 10.1. The highest BCUT2D eigenvalue weighted by molar-refractivity contribution is 5.46. The number of hydrogen-bond acceptors (Lipinski definition) is 3. The molecule has 0 aliphatic carbocycles. The van der Waals surface area contributed by atoms with E-state index >= 15 is 0 Å². The van der Waals surface area contributed by atoms with Crippen LogP contribution in [0.5, 0.6) is 0 Å². The maximum atomic E-state index is 5.83. The molecular weight excluding hydrogens is 222 g/mol. The minimum Gasteiger partial charge on any atom is -0.399 e. The van der Waals surface area contributed by atoms with Gasteiger partial charge in [0, 0.05) is 25.3 Å². The number of hydrogen-bond donors (Lipinski definition) is 1. The van der Waals surface area contributed by atoms with Gasteiger partial charge in [-0.25, -0.2) is 0 Å². The smallest absolute Gasteiger partial charge is 0.0317 e. The van der Waals surface area contributed by atoms with Gasteiger partial charge in [-0.2, -0.15) is 0 Å². The molecule has 2 N–H and O–H groups in total. The fourth-order valence-corrected chi connectivity index (χ4v) is 2.70. The quantitative estimate of drug-likeness (QED) is 0.783. The summed E-state index contributed by atoms with van der Waals surface area (Å²) >= 11 is 0. The van der Waals surface area contributed by atoms with Crippen LogP contribution in [0.4, 0.5) is 5.69 Å². The van der Waals surface area contributed by atoms with Crippen molar-refractivity contribution in [1.29, 1.82) is 0 Å². The van der Waals surface area contributed by atoms with E-state index in [1.54, 1.807) is 0 Å². The molecule has 0 fully saturated rings. The first-order valence-corrected chi connectivity index (χ1v) is 7.05. The summed E-state index contributed by atoms with van der Waals surface area (Å²) in [5.74, 6) is 0. The van der Waals surface area contributed by atoms with Crippen LogP contribution in [0.3, 0.4) is 0 Å². The second-order valence-corrected chi connectivity index (χ2v) is 5.12. The molecule has 0 saturated carbocycles. The van der Waals surface area contributed by atoms with Crippen LogP contribution in [-0.2, 0) is 13.1 Å². The Hall–Kier alpha value is -1.06. The molecule has 3 nitrogen and oxygen atoms in total. The maximum Gasteiger partial charge on any atom is 0.0317 e. The van der Waals surface area contributed by atoms with E-state index in [1.165, 1.54) is 30.6 Å². The van der Waals surface area contributed by atoms with E-state index in [-0.39, 0.29) is 0 Å². The lowest BCUT2D eigenvalue weighted by molar-refractivity contribution is 0.240. The summed E-state index contributed by atoms with van der Waals surface area (Å²) in [6, 6.07) is 6.31. The van der Waals surface area contributed by atoms with Gasteiger partial charge < -0.3 is 10.6 Å². The fraction of sp³-hybridized carbons (Fsp3) is 0.600. The molecule has 0 saturated heterocycles. The lowest BCUT2D eigenvalue weighted by Gasteiger charge is -2.20. The zero-order valence-corrected chi connectivity index (χ0v) is 11.7. The van der Waals surface area contributed by atoms with Gasteiger partial charge in [0.2, 0.25) is 0 Å². The monoisotopic (exact) mass is 247 g/mol. The molecule has 0 radical (unpaired) electrons. The van der Waals surface area contributed by atoms with Crippen molar-refractivity contribution in [3.05, 3.63) is 29.3 Å². The van der Waals surface area contributed by atoms with Crippen molar-refractivity contribution >= 4 is 5.69 Å². The van der Waals surface area contributed by atoms with E-state index in [9.17, 15) is 0 Å². The van der Waals surface area contributed by atoms with Gasteiger partial charge in [0.15, 0.2) is 0 Å². The van der Waals surface area contributed by atoms with Gasteiger partial charge in [0.1, 0.15) is 0 Å². The summed E-state index contributed by atoms with van der Waals surface area (Å²) in [4.78, 5) is 5.01. The van der Waals surface area contributed by atoms with Gasteiger partial charge >= 0.3 is 0 Å². The Labute approximate surface area is 111 Å². The van der Waals surface area contributed by atoms with Gasteiger partial charge in [-0.1, -0.05) is 19.9 Å². The topological polar surface area (TPSA) is 32.5 Å². The highest BCUT2D eigenvalue weighted by atomic mass is 15.2. The summed E-state index contributed by atoms with van der Waals surface area (Å²) in [7, 11) is 0. The number of anilines is 1. The van der Waals surface area contributed by atoms with E-state index in [0.717, 1.165) is 31.9 Å². The second kappa shape index (κ2) is 6.21. The molecule has 0 unspecified atom stereocenters. The molecule has 0 bridgehead atoms. The normalized spacial score (nSPS) is 15.3. The second-order valence-electron chi connectivity index (χ2n) is 5.12. The van der Waals surface area contributed by atoms with Crippen LogP contribution in [0.15, 0.2) is 18.2 Å². The molecule has 18 heavy (non-hydrogen) atoms. The Kier molecular flexibility index (Phi) is 4.61. The summed E-state index contributed by atoms with van der Waals surface area (Å²) in [6.45, 7) is 11.3. The molecule has 1 aromatic carbocycles. The predicted octanol–water partition coefficient (Wildman–Crippen LogP) is 2.32. The van der Waals surface area contributed by atoms with Crippen molar-refractivity contribution in [2.75, 3.05) is 31.9 Å². The standard InChI is InChI=1S/C15H25N3/c1-3-17(4-2)8-5-9-18-11-13-6-7-15(16)10-14(13)12-18/h6-7,10H,3-5,8-9,11-12,16H2,1-2H3. The van der Waals surface area contributed by atoms with E-state index < -0.39 is 0 Å². The predicted molar refractivity (Wildman–Crippen MR) is 77.4 cm³/mol. The molecular formula is C15H25N3. The van der Waals surface area contributed by atoms with E-state index in [4.69, 9.17) is 5.73 Å². The molecule has 0 amide bonds. The highest BCUT2D eigenvalue weighted by Crippen LogP contribution is 2.24. The van der Waals surface area contributed by atoms with Crippen LogP contribution < -0.4 is 5.73 Å². The molecule has 0 atom stereocenters. The first-order valence-electron chi connectivity index (χ1n) is 7.05. The summed E-state index contributed by atoms with van der Waals surface area (Å²) in [6.07, 6.45) is 1.26. The van der Waals surface area contributed by atoms with Gasteiger partial charge in [-0.3, -0.25) is 4.90 Å². The van der Waals surface area contributed by atoms with Crippen LogP contribution in [0.25, 0.3) is 0 Å². The van der Waals surface area contributed by atoms with Crippen LogP contribution in [0.2, 0.25) is 0 Å². The number of nitrogens with zero attached hydrogens (tertiary/aromatic N) is 2. The Morgan fingerprint density at radius 1 is 1.17 bits per heavy atom. The maximum absolute atomic E-state index is 5.83. The molecule has 3 heteroatoms. The van der Waals surface area contributed by atoms with Crippen molar-refractivity contribution in [3.8, 4) is 0 Å². The average molecular weight is 247 g/mol. The first kappa shape index (κ1) is 13.4. The first-order chi connectivity index (χ1) is 8.72. The van der Waals surface area contributed by atoms with E-state index in [2.05, 4.69) is 35.8 Å². The van der Waals surface area contributed by atoms with Crippen LogP contribution in [0, 0.1) is 0 Å². The molecule has 100 valence electrons. The largest absolute Gasteiger partial charge is 0.399 e. The Bertz CT molecular complexity index is 385. The Morgan fingerprint density at radius 2 is 1.89 bits per heavy atom. The number of benzene rings is 1. The minimum atomic E-state index is 0.888. The van der Waals surface area contributed by atoms with Crippen LogP contribution in [0.1, 0.15) is 31.4 Å². The third-order valence-electron chi connectivity index (χ3n) is 3.86. The zero-order valence-electron chi connectivity index (χ0n) is 11.7. The van der Waals surface area contributed by atoms with Crippen LogP contribution >= 0.6 is 0 Å². The van der Waals surface area contributed by atoms with E-state index in [0.29, 0.717) is 0 Å². The van der Waals surface area contributed by atoms with Gasteiger partial charge in [-0.15, -0.1) is 0 Å². The number of nitrogens with two attached hydrogens (primary N) is 1. The Morgan fingerprint density at radius 3 is 2.61 bits per heavy atom. The number of nitrogen functional groups attached to an aromatic ring is 1. The summed E-state index contributed by atoms with van der Waals surface area (Å²) in [5, 5.41) is 0. The van der Waals surface area contributed by atoms with Crippen molar-refractivity contribution in [1.82, 2.24) is 9.80 Å². The molecule has 1 aromatic rings. The molecule has 1 heterocycles. The van der Waals surface area contributed by atoms with Gasteiger partial charge in [-0.05, 0) is 49.3 Å². The lowest BCUT2D eigenvalue weighted by Crippen LogP contribution is -2.27. The molecule has 2 rings (SSSR count). The number of rotatable bonds is 6. The average Bonchev–Trinajstić information content (AvgIpc) is 2.76. The van der Waals surface area contributed by atoms with Crippen LogP contribution in [-0.4, -0.2) is 36.0 Å². The summed E-state index contributed by atoms with van der Waals surface area (Å²) < 4.78 is 0. The number of fused-ring (bicyclic) bond motifs is 1. The van der Waals surface area contributed by atoms with Crippen molar-refractivity contribution in [2.45, 2.75) is 33.4 Å². The third kappa shape index (κ3) is 3.24. The van der Waals surface area contributed by atoms with Gasteiger partial charge in [0.05, 0.1) is 0 Å². The SMILES string of the molecule is CCN(CC)CCCN1Cc2ccc(N)cc2C1. The van der Waals surface area contributed by atoms with Crippen molar-refractivity contribution in [2.24, 2.45) is 0 Å². The Balaban J connectivity index is 1.78. The third-order valence-corrected chi connectivity index (χ3v) is 3.86. The summed E-state index contributed by atoms with van der Waals surface area (Å²) in [5.41, 5.74) is 9.58. The highest BCUT2D eigenvalue weighted by Gasteiger charge is 2.18. The molecule has 0 spiro atoms.